The minimum atomic E-state index is -0.662. The third kappa shape index (κ3) is 4.44. The summed E-state index contributed by atoms with van der Waals surface area (Å²) in [7, 11) is 0. The van der Waals surface area contributed by atoms with Crippen molar-refractivity contribution in [3.63, 3.8) is 0 Å². The Morgan fingerprint density at radius 3 is 2.54 bits per heavy atom. The Balaban J connectivity index is 1.66. The molecule has 1 N–H and O–H groups in total. The van der Waals surface area contributed by atoms with Gasteiger partial charge in [-0.2, -0.15) is 4.98 Å². The van der Waals surface area contributed by atoms with Gasteiger partial charge < -0.3 is 9.84 Å². The maximum absolute atomic E-state index is 14.1. The van der Waals surface area contributed by atoms with Crippen molar-refractivity contribution in [2.75, 3.05) is 11.2 Å². The molecule has 2 amide bonds. The quantitative estimate of drug-likeness (QED) is 0.322. The highest BCUT2D eigenvalue weighted by atomic mass is 32.2. The summed E-state index contributed by atoms with van der Waals surface area (Å²) >= 11 is 1.59. The van der Waals surface area contributed by atoms with Crippen molar-refractivity contribution < 1.29 is 13.7 Å². The lowest BCUT2D eigenvalue weighted by Gasteiger charge is -2.35. The van der Waals surface area contributed by atoms with Crippen LogP contribution in [0.1, 0.15) is 30.0 Å². The zero-order valence-corrected chi connectivity index (χ0v) is 20.3. The van der Waals surface area contributed by atoms with Gasteiger partial charge in [0.2, 0.25) is 5.82 Å². The molecule has 1 aliphatic rings. The molecule has 1 aromatic heterocycles. The van der Waals surface area contributed by atoms with E-state index in [0.29, 0.717) is 28.3 Å². The first-order valence-electron chi connectivity index (χ1n) is 11.1. The predicted molar refractivity (Wildman–Crippen MR) is 135 cm³/mol. The largest absolute Gasteiger partial charge is 0.334 e. The molecule has 176 valence electrons. The van der Waals surface area contributed by atoms with E-state index in [1.807, 2.05) is 68.6 Å². The van der Waals surface area contributed by atoms with Gasteiger partial charge in [0.1, 0.15) is 5.82 Å². The Morgan fingerprint density at radius 1 is 1.03 bits per heavy atom. The summed E-state index contributed by atoms with van der Waals surface area (Å²) in [5, 5.41) is 7.20. The number of hydrogen-bond donors (Lipinski definition) is 1. The van der Waals surface area contributed by atoms with Gasteiger partial charge in [-0.1, -0.05) is 53.2 Å². The van der Waals surface area contributed by atoms with E-state index in [0.717, 1.165) is 16.0 Å². The van der Waals surface area contributed by atoms with E-state index in [9.17, 15) is 9.18 Å². The minimum absolute atomic E-state index is 0.262. The van der Waals surface area contributed by atoms with E-state index in [1.54, 1.807) is 28.8 Å². The van der Waals surface area contributed by atoms with Gasteiger partial charge in [-0.3, -0.25) is 4.90 Å². The number of benzene rings is 3. The number of anilines is 1. The van der Waals surface area contributed by atoms with Crippen LogP contribution in [0.25, 0.3) is 17.0 Å². The Kier molecular flexibility index (Phi) is 6.13. The molecule has 2 heterocycles. The molecular formula is C27H23FN4O2S. The van der Waals surface area contributed by atoms with E-state index in [-0.39, 0.29) is 11.9 Å². The van der Waals surface area contributed by atoms with E-state index < -0.39 is 11.9 Å². The van der Waals surface area contributed by atoms with E-state index in [2.05, 4.69) is 15.5 Å². The number of urea groups is 1. The molecule has 6 nitrogen and oxygen atoms in total. The van der Waals surface area contributed by atoms with Crippen LogP contribution < -0.4 is 10.2 Å². The molecule has 4 aromatic rings. The number of thioether (sulfide) groups is 1. The zero-order valence-electron chi connectivity index (χ0n) is 19.4. The van der Waals surface area contributed by atoms with Crippen molar-refractivity contribution in [1.82, 2.24) is 15.5 Å². The maximum Gasteiger partial charge on any atom is 0.326 e. The molecule has 0 saturated heterocycles. The van der Waals surface area contributed by atoms with Gasteiger partial charge in [-0.25, -0.2) is 9.18 Å². The second-order valence-electron chi connectivity index (χ2n) is 8.26. The highest BCUT2D eigenvalue weighted by Crippen LogP contribution is 2.39. The molecule has 35 heavy (non-hydrogen) atoms. The number of rotatable bonds is 5. The van der Waals surface area contributed by atoms with E-state index >= 15 is 0 Å². The number of nitrogens with one attached hydrogen (secondary N) is 1. The number of halogens is 1. The average Bonchev–Trinajstić information content (AvgIpc) is 3.34. The van der Waals surface area contributed by atoms with Crippen LogP contribution in [0.2, 0.25) is 0 Å². The summed E-state index contributed by atoms with van der Waals surface area (Å²) in [6.07, 6.45) is 1.98. The lowest BCUT2D eigenvalue weighted by Crippen LogP contribution is -2.46. The van der Waals surface area contributed by atoms with Crippen LogP contribution in [0, 0.1) is 12.7 Å². The van der Waals surface area contributed by atoms with Crippen molar-refractivity contribution in [3.8, 4) is 11.4 Å². The molecular weight excluding hydrogens is 463 g/mol. The Hall–Kier alpha value is -3.91. The van der Waals surface area contributed by atoms with Crippen LogP contribution >= 0.6 is 11.8 Å². The molecule has 8 heteroatoms. The first-order valence-corrected chi connectivity index (χ1v) is 12.3. The number of allylic oxidation sites excluding steroid dienone is 1. The third-order valence-electron chi connectivity index (χ3n) is 5.94. The highest BCUT2D eigenvalue weighted by molar-refractivity contribution is 7.98. The van der Waals surface area contributed by atoms with Crippen molar-refractivity contribution in [3.05, 3.63) is 101 Å². The molecule has 0 fully saturated rings. The molecule has 1 atom stereocenters. The fraction of sp³-hybridized carbons (Fsp3) is 0.148. The Morgan fingerprint density at radius 2 is 1.80 bits per heavy atom. The number of carbonyl (C=O) groups excluding carboxylic acids is 1. The summed E-state index contributed by atoms with van der Waals surface area (Å²) in [5.74, 6) is 0.305. The second-order valence-corrected chi connectivity index (χ2v) is 9.14. The average molecular weight is 487 g/mol. The Labute approximate surface area is 206 Å². The zero-order chi connectivity index (χ0) is 24.5. The number of amides is 2. The summed E-state index contributed by atoms with van der Waals surface area (Å²) in [5.41, 5.74) is 4.47. The molecule has 0 aliphatic carbocycles. The van der Waals surface area contributed by atoms with Crippen molar-refractivity contribution in [2.24, 2.45) is 0 Å². The fourth-order valence-corrected chi connectivity index (χ4v) is 4.62. The topological polar surface area (TPSA) is 71.3 Å². The number of hydrogen-bond acceptors (Lipinski definition) is 5. The maximum atomic E-state index is 14.1. The molecule has 1 unspecified atom stereocenters. The monoisotopic (exact) mass is 486 g/mol. The van der Waals surface area contributed by atoms with Crippen LogP contribution in [-0.2, 0) is 0 Å². The van der Waals surface area contributed by atoms with Crippen molar-refractivity contribution in [1.29, 1.82) is 0 Å². The lowest BCUT2D eigenvalue weighted by atomic mass is 9.94. The Bertz CT molecular complexity index is 1430. The van der Waals surface area contributed by atoms with Gasteiger partial charge >= 0.3 is 6.03 Å². The van der Waals surface area contributed by atoms with E-state index in [4.69, 9.17) is 4.52 Å². The first-order chi connectivity index (χ1) is 16.9. The molecule has 0 bridgehead atoms. The van der Waals surface area contributed by atoms with Gasteiger partial charge in [0.15, 0.2) is 0 Å². The van der Waals surface area contributed by atoms with Crippen LogP contribution in [0.15, 0.2) is 87.9 Å². The standard InChI is InChI=1S/C27H23FN4O2S/c1-16-10-12-18(13-11-16)25-30-26(34-31-25)23-17(2)32(21-8-5-9-22(15-21)35-3)27(33)29-24(23)19-6-4-7-20(28)14-19/h4-15,24H,1-3H3,(H,29,33). The van der Waals surface area contributed by atoms with Gasteiger partial charge in [-0.15, -0.1) is 11.8 Å². The van der Waals surface area contributed by atoms with Crippen molar-refractivity contribution in [2.45, 2.75) is 24.8 Å². The normalized spacial score (nSPS) is 15.9. The molecule has 3 aromatic carbocycles. The summed E-state index contributed by atoms with van der Waals surface area (Å²) in [4.78, 5) is 20.6. The first kappa shape index (κ1) is 22.9. The lowest BCUT2D eigenvalue weighted by molar-refractivity contribution is 0.244. The predicted octanol–water partition coefficient (Wildman–Crippen LogP) is 6.61. The molecule has 5 rings (SSSR count). The van der Waals surface area contributed by atoms with E-state index in [1.165, 1.54) is 12.1 Å². The highest BCUT2D eigenvalue weighted by Gasteiger charge is 2.36. The SMILES string of the molecule is CSc1cccc(N2C(=O)NC(c3cccc(F)c3)C(c3nc(-c4ccc(C)cc4)no3)=C2C)c1. The summed E-state index contributed by atoms with van der Waals surface area (Å²) in [6, 6.07) is 20.7. The van der Waals surface area contributed by atoms with Crippen LogP contribution in [0.5, 0.6) is 0 Å². The van der Waals surface area contributed by atoms with Crippen LogP contribution in [0.4, 0.5) is 14.9 Å². The minimum Gasteiger partial charge on any atom is -0.334 e. The van der Waals surface area contributed by atoms with Gasteiger partial charge in [0.05, 0.1) is 17.3 Å². The summed E-state index contributed by atoms with van der Waals surface area (Å²) in [6.45, 7) is 3.84. The molecule has 0 saturated carbocycles. The van der Waals surface area contributed by atoms with Gasteiger partial charge in [0.25, 0.3) is 5.89 Å². The van der Waals surface area contributed by atoms with Gasteiger partial charge in [0, 0.05) is 16.2 Å². The molecule has 1 aliphatic heterocycles. The number of carbonyl (C=O) groups is 1. The summed E-state index contributed by atoms with van der Waals surface area (Å²) < 4.78 is 19.8. The number of aryl methyl sites for hydroxylation is 1. The smallest absolute Gasteiger partial charge is 0.326 e. The fourth-order valence-electron chi connectivity index (χ4n) is 4.17. The molecule has 0 spiro atoms. The third-order valence-corrected chi connectivity index (χ3v) is 6.67. The number of nitrogens with zero attached hydrogens (tertiary/aromatic N) is 3. The second kappa shape index (κ2) is 9.38. The number of aromatic nitrogens is 2. The van der Waals surface area contributed by atoms with Crippen molar-refractivity contribution >= 4 is 29.1 Å². The molecule has 0 radical (unpaired) electrons. The van der Waals surface area contributed by atoms with Gasteiger partial charge in [-0.05, 0) is 56.0 Å². The van der Waals surface area contributed by atoms with Crippen LogP contribution in [0.3, 0.4) is 0 Å². The van der Waals surface area contributed by atoms with Crippen LogP contribution in [-0.4, -0.2) is 22.4 Å².